The summed E-state index contributed by atoms with van der Waals surface area (Å²) in [5.41, 5.74) is 1.77. The van der Waals surface area contributed by atoms with Gasteiger partial charge in [-0.2, -0.15) is 0 Å². The summed E-state index contributed by atoms with van der Waals surface area (Å²) in [5.74, 6) is 1.33. The van der Waals surface area contributed by atoms with Gasteiger partial charge in [0.25, 0.3) is 10.0 Å². The summed E-state index contributed by atoms with van der Waals surface area (Å²) in [5, 5.41) is 2.76. The zero-order valence-corrected chi connectivity index (χ0v) is 21.7. The summed E-state index contributed by atoms with van der Waals surface area (Å²) in [7, 11) is -4.04. The van der Waals surface area contributed by atoms with Gasteiger partial charge in [0.05, 0.1) is 10.6 Å². The standard InChI is InChI=1S/C30H28N2O5S/c1-3-21-36-26-15-11-24(12-16-26)31-30(33)22-32(38(34,35)29-19-9-23(2)10-20-29)25-13-17-28(18-14-25)37-27-7-5-4-6-8-27/h3-20H,1,21-22H2,2H3,(H,31,33). The van der Waals surface area contributed by atoms with Crippen molar-refractivity contribution in [3.63, 3.8) is 0 Å². The van der Waals surface area contributed by atoms with Gasteiger partial charge in [-0.25, -0.2) is 8.42 Å². The number of benzene rings is 4. The lowest BCUT2D eigenvalue weighted by Crippen LogP contribution is -2.38. The molecule has 194 valence electrons. The summed E-state index contributed by atoms with van der Waals surface area (Å²) in [6.07, 6.45) is 1.64. The smallest absolute Gasteiger partial charge is 0.264 e. The van der Waals surface area contributed by atoms with E-state index < -0.39 is 22.5 Å². The molecule has 0 fully saturated rings. The molecule has 0 aliphatic carbocycles. The Hall–Kier alpha value is -4.56. The third-order valence-electron chi connectivity index (χ3n) is 5.51. The number of nitrogens with one attached hydrogen (secondary N) is 1. The second-order valence-corrected chi connectivity index (χ2v) is 10.3. The Labute approximate surface area is 223 Å². The number of hydrogen-bond acceptors (Lipinski definition) is 5. The zero-order valence-electron chi connectivity index (χ0n) is 20.9. The molecule has 4 rings (SSSR count). The predicted molar refractivity (Wildman–Crippen MR) is 149 cm³/mol. The molecular weight excluding hydrogens is 500 g/mol. The van der Waals surface area contributed by atoms with Gasteiger partial charge in [0, 0.05) is 5.69 Å². The van der Waals surface area contributed by atoms with Gasteiger partial charge in [0.1, 0.15) is 30.4 Å². The average molecular weight is 529 g/mol. The van der Waals surface area contributed by atoms with E-state index in [0.717, 1.165) is 9.87 Å². The molecule has 8 heteroatoms. The molecular formula is C30H28N2O5S. The first-order valence-electron chi connectivity index (χ1n) is 11.9. The minimum absolute atomic E-state index is 0.0873. The average Bonchev–Trinajstić information content (AvgIpc) is 2.93. The van der Waals surface area contributed by atoms with Crippen LogP contribution in [0.5, 0.6) is 17.2 Å². The number of carbonyl (C=O) groups excluding carboxylic acids is 1. The molecule has 4 aromatic rings. The molecule has 0 saturated heterocycles. The molecule has 0 radical (unpaired) electrons. The van der Waals surface area contributed by atoms with E-state index in [9.17, 15) is 13.2 Å². The van der Waals surface area contributed by atoms with E-state index in [-0.39, 0.29) is 4.90 Å². The minimum atomic E-state index is -4.04. The SMILES string of the molecule is C=CCOc1ccc(NC(=O)CN(c2ccc(Oc3ccccc3)cc2)S(=O)(=O)c2ccc(C)cc2)cc1. The van der Waals surface area contributed by atoms with Gasteiger partial charge in [-0.3, -0.25) is 9.10 Å². The third kappa shape index (κ3) is 6.80. The maximum Gasteiger partial charge on any atom is 0.264 e. The highest BCUT2D eigenvalue weighted by Gasteiger charge is 2.27. The van der Waals surface area contributed by atoms with Gasteiger partial charge in [-0.05, 0) is 79.7 Å². The first-order valence-corrected chi connectivity index (χ1v) is 13.3. The van der Waals surface area contributed by atoms with Crippen molar-refractivity contribution in [2.24, 2.45) is 0 Å². The lowest BCUT2D eigenvalue weighted by atomic mass is 10.2. The molecule has 1 N–H and O–H groups in total. The molecule has 0 aliphatic rings. The summed E-state index contributed by atoms with van der Waals surface area (Å²) in [6, 6.07) is 29.1. The molecule has 4 aromatic carbocycles. The Kier molecular flexibility index (Phi) is 8.45. The monoisotopic (exact) mass is 528 g/mol. The number of sulfonamides is 1. The van der Waals surface area contributed by atoms with Crippen LogP contribution in [0.15, 0.2) is 121 Å². The Morgan fingerprint density at radius 3 is 2.08 bits per heavy atom. The molecule has 0 unspecified atom stereocenters. The van der Waals surface area contributed by atoms with E-state index in [0.29, 0.717) is 35.2 Å². The topological polar surface area (TPSA) is 84.9 Å². The van der Waals surface area contributed by atoms with Crippen LogP contribution in [0.3, 0.4) is 0 Å². The van der Waals surface area contributed by atoms with Crippen LogP contribution in [0.2, 0.25) is 0 Å². The quantitative estimate of drug-likeness (QED) is 0.235. The Morgan fingerprint density at radius 2 is 1.45 bits per heavy atom. The maximum atomic E-state index is 13.6. The van der Waals surface area contributed by atoms with E-state index in [1.165, 1.54) is 12.1 Å². The van der Waals surface area contributed by atoms with Gasteiger partial charge in [0.15, 0.2) is 0 Å². The molecule has 0 aromatic heterocycles. The van der Waals surface area contributed by atoms with Gasteiger partial charge in [-0.1, -0.05) is 48.6 Å². The van der Waals surface area contributed by atoms with Crippen LogP contribution in [-0.2, 0) is 14.8 Å². The second-order valence-electron chi connectivity index (χ2n) is 8.41. The van der Waals surface area contributed by atoms with Crippen molar-refractivity contribution in [1.29, 1.82) is 0 Å². The summed E-state index contributed by atoms with van der Waals surface area (Å²) >= 11 is 0. The normalized spacial score (nSPS) is 10.9. The van der Waals surface area contributed by atoms with Crippen LogP contribution in [0.4, 0.5) is 11.4 Å². The number of para-hydroxylation sites is 1. The third-order valence-corrected chi connectivity index (χ3v) is 7.29. The number of anilines is 2. The summed E-state index contributed by atoms with van der Waals surface area (Å²) in [6.45, 7) is 5.43. The predicted octanol–water partition coefficient (Wildman–Crippen LogP) is 6.19. The van der Waals surface area contributed by atoms with Crippen molar-refractivity contribution in [3.05, 3.63) is 121 Å². The fourth-order valence-electron chi connectivity index (χ4n) is 3.58. The van der Waals surface area contributed by atoms with Crippen LogP contribution in [0.1, 0.15) is 5.56 Å². The van der Waals surface area contributed by atoms with Crippen LogP contribution < -0.4 is 19.1 Å². The molecule has 0 bridgehead atoms. The number of ether oxygens (including phenoxy) is 2. The molecule has 1 amide bonds. The number of carbonyl (C=O) groups is 1. The van der Waals surface area contributed by atoms with Gasteiger partial charge < -0.3 is 14.8 Å². The Morgan fingerprint density at radius 1 is 0.842 bits per heavy atom. The molecule has 0 spiro atoms. The van der Waals surface area contributed by atoms with Crippen LogP contribution >= 0.6 is 0 Å². The highest BCUT2D eigenvalue weighted by molar-refractivity contribution is 7.92. The van der Waals surface area contributed by atoms with Gasteiger partial charge in [0.2, 0.25) is 5.91 Å². The van der Waals surface area contributed by atoms with Crippen molar-refractivity contribution in [3.8, 4) is 17.2 Å². The molecule has 0 heterocycles. The van der Waals surface area contributed by atoms with Gasteiger partial charge in [-0.15, -0.1) is 0 Å². The lowest BCUT2D eigenvalue weighted by molar-refractivity contribution is -0.114. The van der Waals surface area contributed by atoms with Crippen LogP contribution in [0, 0.1) is 6.92 Å². The lowest BCUT2D eigenvalue weighted by Gasteiger charge is -2.24. The minimum Gasteiger partial charge on any atom is -0.490 e. The maximum absolute atomic E-state index is 13.6. The van der Waals surface area contributed by atoms with E-state index in [1.807, 2.05) is 37.3 Å². The zero-order chi connectivity index (χ0) is 27.0. The Bertz CT molecular complexity index is 1470. The number of rotatable bonds is 11. The molecule has 38 heavy (non-hydrogen) atoms. The number of hydrogen-bond donors (Lipinski definition) is 1. The van der Waals surface area contributed by atoms with E-state index in [2.05, 4.69) is 11.9 Å². The van der Waals surface area contributed by atoms with E-state index in [1.54, 1.807) is 66.7 Å². The van der Waals surface area contributed by atoms with E-state index >= 15 is 0 Å². The highest BCUT2D eigenvalue weighted by atomic mass is 32.2. The van der Waals surface area contributed by atoms with Crippen LogP contribution in [-0.4, -0.2) is 27.5 Å². The summed E-state index contributed by atoms with van der Waals surface area (Å²) in [4.78, 5) is 13.1. The van der Waals surface area contributed by atoms with Crippen molar-refractivity contribution >= 4 is 27.3 Å². The highest BCUT2D eigenvalue weighted by Crippen LogP contribution is 2.28. The summed E-state index contributed by atoms with van der Waals surface area (Å²) < 4.78 is 39.7. The number of amides is 1. The largest absolute Gasteiger partial charge is 0.490 e. The first kappa shape index (κ1) is 26.5. The van der Waals surface area contributed by atoms with Crippen molar-refractivity contribution in [2.45, 2.75) is 11.8 Å². The Balaban J connectivity index is 1.57. The van der Waals surface area contributed by atoms with Crippen molar-refractivity contribution < 1.29 is 22.7 Å². The molecule has 0 aliphatic heterocycles. The fourth-order valence-corrected chi connectivity index (χ4v) is 5.00. The van der Waals surface area contributed by atoms with Crippen LogP contribution in [0.25, 0.3) is 0 Å². The molecule has 0 saturated carbocycles. The van der Waals surface area contributed by atoms with Crippen molar-refractivity contribution in [2.75, 3.05) is 22.8 Å². The number of nitrogens with zero attached hydrogens (tertiary/aromatic N) is 1. The number of aryl methyl sites for hydroxylation is 1. The van der Waals surface area contributed by atoms with E-state index in [4.69, 9.17) is 9.47 Å². The molecule has 0 atom stereocenters. The first-order chi connectivity index (χ1) is 18.3. The molecule has 7 nitrogen and oxygen atoms in total. The fraction of sp³-hybridized carbons (Fsp3) is 0.100. The van der Waals surface area contributed by atoms with Gasteiger partial charge >= 0.3 is 0 Å². The second kappa shape index (κ2) is 12.1. The van der Waals surface area contributed by atoms with Crippen molar-refractivity contribution in [1.82, 2.24) is 0 Å².